The predicted molar refractivity (Wildman–Crippen MR) is 93.7 cm³/mol. The van der Waals surface area contributed by atoms with Gasteiger partial charge < -0.3 is 9.84 Å². The molecule has 1 amide bonds. The standard InChI is InChI=1S/C20H23NO4/c1-20(19(23)21-24,18(22)17-11-12-17)25-13-14-7-9-16(10-8-14)15-5-3-2-4-6-15/h2-10,17-18,22,24H,11-13H2,1H3,(H,21,23)/t18-,20-/m0/s1. The van der Waals surface area contributed by atoms with Gasteiger partial charge in [0.25, 0.3) is 5.91 Å². The van der Waals surface area contributed by atoms with Gasteiger partial charge in [0.2, 0.25) is 0 Å². The molecule has 2 aromatic rings. The Morgan fingerprint density at radius 1 is 1.16 bits per heavy atom. The average molecular weight is 341 g/mol. The zero-order valence-electron chi connectivity index (χ0n) is 14.2. The molecule has 5 heteroatoms. The van der Waals surface area contributed by atoms with E-state index in [1.54, 1.807) is 5.48 Å². The van der Waals surface area contributed by atoms with Crippen molar-refractivity contribution in [3.8, 4) is 11.1 Å². The Morgan fingerprint density at radius 3 is 2.32 bits per heavy atom. The maximum atomic E-state index is 12.0. The highest BCUT2D eigenvalue weighted by Gasteiger charge is 2.49. The van der Waals surface area contributed by atoms with Gasteiger partial charge in [0.15, 0.2) is 5.60 Å². The summed E-state index contributed by atoms with van der Waals surface area (Å²) >= 11 is 0. The quantitative estimate of drug-likeness (QED) is 0.534. The molecule has 0 aromatic heterocycles. The van der Waals surface area contributed by atoms with Crippen molar-refractivity contribution in [2.24, 2.45) is 5.92 Å². The minimum absolute atomic E-state index is 0.0442. The molecule has 0 aliphatic heterocycles. The minimum atomic E-state index is -1.48. The molecule has 1 fully saturated rings. The normalized spacial score (nSPS) is 17.6. The van der Waals surface area contributed by atoms with Crippen molar-refractivity contribution < 1.29 is 19.8 Å². The number of benzene rings is 2. The SMILES string of the molecule is C[C@@](OCc1ccc(-c2ccccc2)cc1)(C(=O)NO)[C@@H](O)C1CC1. The molecule has 3 N–H and O–H groups in total. The van der Waals surface area contributed by atoms with E-state index in [4.69, 9.17) is 9.94 Å². The van der Waals surface area contributed by atoms with Crippen LogP contribution in [0.5, 0.6) is 0 Å². The van der Waals surface area contributed by atoms with Crippen LogP contribution in [0.15, 0.2) is 54.6 Å². The second-order valence-corrected chi connectivity index (χ2v) is 6.68. The maximum Gasteiger partial charge on any atom is 0.277 e. The molecule has 1 aliphatic carbocycles. The molecular formula is C20H23NO4. The summed E-state index contributed by atoms with van der Waals surface area (Å²) in [6.07, 6.45) is 0.790. The fourth-order valence-corrected chi connectivity index (χ4v) is 2.92. The van der Waals surface area contributed by atoms with E-state index >= 15 is 0 Å². The van der Waals surface area contributed by atoms with Gasteiger partial charge >= 0.3 is 0 Å². The summed E-state index contributed by atoms with van der Waals surface area (Å²) < 4.78 is 5.75. The van der Waals surface area contributed by atoms with Gasteiger partial charge in [0, 0.05) is 0 Å². The third-order valence-corrected chi connectivity index (χ3v) is 4.79. The van der Waals surface area contributed by atoms with Gasteiger partial charge in [-0.05, 0) is 42.4 Å². The topological polar surface area (TPSA) is 78.8 Å². The number of rotatable bonds is 7. The molecule has 0 radical (unpaired) electrons. The lowest BCUT2D eigenvalue weighted by molar-refractivity contribution is -0.174. The monoisotopic (exact) mass is 341 g/mol. The maximum absolute atomic E-state index is 12.0. The van der Waals surface area contributed by atoms with E-state index in [-0.39, 0.29) is 12.5 Å². The number of amides is 1. The summed E-state index contributed by atoms with van der Waals surface area (Å²) in [5.41, 5.74) is 3.25. The molecule has 0 spiro atoms. The van der Waals surface area contributed by atoms with Crippen LogP contribution in [0.4, 0.5) is 0 Å². The molecule has 3 rings (SSSR count). The van der Waals surface area contributed by atoms with E-state index in [9.17, 15) is 9.90 Å². The summed E-state index contributed by atoms with van der Waals surface area (Å²) in [7, 11) is 0. The Hall–Kier alpha value is -2.21. The fraction of sp³-hybridized carbons (Fsp3) is 0.350. The number of hydrogen-bond donors (Lipinski definition) is 3. The number of aliphatic hydroxyl groups is 1. The number of hydrogen-bond acceptors (Lipinski definition) is 4. The van der Waals surface area contributed by atoms with Crippen molar-refractivity contribution in [1.82, 2.24) is 5.48 Å². The molecule has 0 saturated heterocycles. The third-order valence-electron chi connectivity index (χ3n) is 4.79. The van der Waals surface area contributed by atoms with Crippen LogP contribution in [0, 0.1) is 5.92 Å². The Morgan fingerprint density at radius 2 is 1.76 bits per heavy atom. The van der Waals surface area contributed by atoms with E-state index in [0.717, 1.165) is 29.5 Å². The van der Waals surface area contributed by atoms with E-state index < -0.39 is 17.6 Å². The van der Waals surface area contributed by atoms with Crippen LogP contribution in [0.3, 0.4) is 0 Å². The van der Waals surface area contributed by atoms with E-state index in [1.807, 2.05) is 54.6 Å². The van der Waals surface area contributed by atoms with Crippen molar-refractivity contribution in [2.75, 3.05) is 0 Å². The highest BCUT2D eigenvalue weighted by atomic mass is 16.5. The van der Waals surface area contributed by atoms with Crippen LogP contribution >= 0.6 is 0 Å². The highest BCUT2D eigenvalue weighted by molar-refractivity contribution is 5.84. The van der Waals surface area contributed by atoms with Gasteiger partial charge in [-0.1, -0.05) is 54.6 Å². The number of carbonyl (C=O) groups is 1. The van der Waals surface area contributed by atoms with Crippen LogP contribution in [0.25, 0.3) is 11.1 Å². The molecule has 2 aromatic carbocycles. The van der Waals surface area contributed by atoms with Gasteiger partial charge in [-0.15, -0.1) is 0 Å². The van der Waals surface area contributed by atoms with E-state index in [0.29, 0.717) is 0 Å². The zero-order valence-corrected chi connectivity index (χ0v) is 14.2. The summed E-state index contributed by atoms with van der Waals surface area (Å²) in [5.74, 6) is -0.685. The lowest BCUT2D eigenvalue weighted by Crippen LogP contribution is -2.54. The number of nitrogens with one attached hydrogen (secondary N) is 1. The van der Waals surface area contributed by atoms with Crippen molar-refractivity contribution in [1.29, 1.82) is 0 Å². The average Bonchev–Trinajstić information content (AvgIpc) is 3.51. The van der Waals surface area contributed by atoms with E-state index in [1.165, 1.54) is 6.92 Å². The number of hydroxylamine groups is 1. The van der Waals surface area contributed by atoms with Crippen molar-refractivity contribution >= 4 is 5.91 Å². The van der Waals surface area contributed by atoms with Crippen molar-refractivity contribution in [2.45, 2.75) is 38.1 Å². The van der Waals surface area contributed by atoms with Crippen molar-refractivity contribution in [3.63, 3.8) is 0 Å². The summed E-state index contributed by atoms with van der Waals surface area (Å²) in [5, 5.41) is 19.4. The van der Waals surface area contributed by atoms with Crippen LogP contribution < -0.4 is 5.48 Å². The third kappa shape index (κ3) is 3.90. The van der Waals surface area contributed by atoms with Crippen LogP contribution in [-0.2, 0) is 16.1 Å². The second-order valence-electron chi connectivity index (χ2n) is 6.68. The Balaban J connectivity index is 1.69. The Kier molecular flexibility index (Phi) is 5.18. The first-order chi connectivity index (χ1) is 12.0. The number of ether oxygens (including phenoxy) is 1. The van der Waals surface area contributed by atoms with Crippen molar-refractivity contribution in [3.05, 3.63) is 60.2 Å². The molecule has 25 heavy (non-hydrogen) atoms. The largest absolute Gasteiger partial charge is 0.389 e. The van der Waals surface area contributed by atoms with Crippen LogP contribution in [-0.4, -0.2) is 27.9 Å². The minimum Gasteiger partial charge on any atom is -0.389 e. The molecule has 2 atom stereocenters. The first kappa shape index (κ1) is 17.6. The lowest BCUT2D eigenvalue weighted by Gasteiger charge is -2.32. The van der Waals surface area contributed by atoms with Gasteiger partial charge in [-0.25, -0.2) is 5.48 Å². The predicted octanol–water partition coefficient (Wildman–Crippen LogP) is 2.91. The Labute approximate surface area is 147 Å². The summed E-state index contributed by atoms with van der Waals surface area (Å²) in [6, 6.07) is 17.9. The highest BCUT2D eigenvalue weighted by Crippen LogP contribution is 2.39. The van der Waals surface area contributed by atoms with Crippen LogP contribution in [0.2, 0.25) is 0 Å². The zero-order chi connectivity index (χ0) is 17.9. The molecule has 1 saturated carbocycles. The fourth-order valence-electron chi connectivity index (χ4n) is 2.92. The molecule has 5 nitrogen and oxygen atoms in total. The smallest absolute Gasteiger partial charge is 0.277 e. The lowest BCUT2D eigenvalue weighted by atomic mass is 9.94. The number of aliphatic hydroxyl groups excluding tert-OH is 1. The molecule has 0 bridgehead atoms. The van der Waals surface area contributed by atoms with Crippen LogP contribution in [0.1, 0.15) is 25.3 Å². The molecule has 0 unspecified atom stereocenters. The first-order valence-electron chi connectivity index (χ1n) is 8.45. The molecular weight excluding hydrogens is 318 g/mol. The van der Waals surface area contributed by atoms with Gasteiger partial charge in [-0.3, -0.25) is 10.0 Å². The number of carbonyl (C=O) groups excluding carboxylic acids is 1. The van der Waals surface area contributed by atoms with E-state index in [2.05, 4.69) is 0 Å². The first-order valence-corrected chi connectivity index (χ1v) is 8.45. The van der Waals surface area contributed by atoms with Gasteiger partial charge in [0.1, 0.15) is 0 Å². The Bertz CT molecular complexity index is 712. The van der Waals surface area contributed by atoms with Gasteiger partial charge in [0.05, 0.1) is 12.7 Å². The molecule has 1 aliphatic rings. The summed E-state index contributed by atoms with van der Waals surface area (Å²) in [6.45, 7) is 1.68. The van der Waals surface area contributed by atoms with Gasteiger partial charge in [-0.2, -0.15) is 0 Å². The summed E-state index contributed by atoms with van der Waals surface area (Å²) in [4.78, 5) is 12.0. The second kappa shape index (κ2) is 7.35. The molecule has 0 heterocycles. The molecule has 132 valence electrons.